The molecule has 0 spiro atoms. The summed E-state index contributed by atoms with van der Waals surface area (Å²) < 4.78 is 5.10. The monoisotopic (exact) mass is 458 g/mol. The molecule has 0 bridgehead atoms. The third-order valence-electron chi connectivity index (χ3n) is 9.70. The molecule has 4 aliphatic rings. The Labute approximate surface area is 200 Å². The molecule has 186 valence electrons. The van der Waals surface area contributed by atoms with E-state index in [1.54, 1.807) is 4.90 Å². The minimum Gasteiger partial charge on any atom is -0.659 e. The van der Waals surface area contributed by atoms with Gasteiger partial charge in [0.25, 0.3) is 5.91 Å². The smallest absolute Gasteiger partial charge is 0.254 e. The molecular formula is C27H44N3O3-. The molecule has 0 radical (unpaired) electrons. The molecule has 0 aromatic heterocycles. The molecule has 0 aromatic carbocycles. The van der Waals surface area contributed by atoms with Crippen molar-refractivity contribution in [2.24, 2.45) is 35.5 Å². The maximum Gasteiger partial charge on any atom is 0.254 e. The zero-order valence-electron chi connectivity index (χ0n) is 21.5. The fourth-order valence-electron chi connectivity index (χ4n) is 8.17. The Hall–Kier alpha value is -1.40. The van der Waals surface area contributed by atoms with Crippen molar-refractivity contribution in [2.45, 2.75) is 83.4 Å². The van der Waals surface area contributed by atoms with Gasteiger partial charge in [-0.1, -0.05) is 44.8 Å². The van der Waals surface area contributed by atoms with Gasteiger partial charge in [0, 0.05) is 12.6 Å². The lowest BCUT2D eigenvalue weighted by Gasteiger charge is -2.69. The molecule has 8 atom stereocenters. The van der Waals surface area contributed by atoms with Gasteiger partial charge in [-0.25, -0.2) is 0 Å². The van der Waals surface area contributed by atoms with Gasteiger partial charge in [0.2, 0.25) is 5.91 Å². The van der Waals surface area contributed by atoms with E-state index in [-0.39, 0.29) is 35.5 Å². The molecule has 1 heterocycles. The molecule has 1 N–H and O–H groups in total. The van der Waals surface area contributed by atoms with E-state index in [0.29, 0.717) is 36.1 Å². The third-order valence-corrected chi connectivity index (χ3v) is 9.70. The second-order valence-corrected chi connectivity index (χ2v) is 12.1. The second-order valence-electron chi connectivity index (χ2n) is 12.1. The Morgan fingerprint density at radius 3 is 2.70 bits per heavy atom. The Morgan fingerprint density at radius 1 is 1.33 bits per heavy atom. The van der Waals surface area contributed by atoms with Crippen LogP contribution < -0.4 is 5.32 Å². The van der Waals surface area contributed by atoms with Gasteiger partial charge in [-0.2, -0.15) is 7.05 Å². The number of rotatable bonds is 7. The zero-order valence-corrected chi connectivity index (χ0v) is 21.5. The van der Waals surface area contributed by atoms with E-state index < -0.39 is 0 Å². The summed E-state index contributed by atoms with van der Waals surface area (Å²) in [4.78, 5) is 26.4. The number of amides is 2. The van der Waals surface area contributed by atoms with Crippen LogP contribution in [0.15, 0.2) is 12.2 Å². The first-order valence-electron chi connectivity index (χ1n) is 12.9. The van der Waals surface area contributed by atoms with Crippen LogP contribution in [0.1, 0.15) is 66.2 Å². The number of β-lactam (4-membered cyclic amide) rings is 1. The largest absolute Gasteiger partial charge is 0.659 e. The number of nitrogens with one attached hydrogen (secondary N) is 1. The highest BCUT2D eigenvalue weighted by Gasteiger charge is 2.55. The number of carbonyl (C=O) groups excluding carboxylic acids is 2. The summed E-state index contributed by atoms with van der Waals surface area (Å²) >= 11 is 0. The van der Waals surface area contributed by atoms with E-state index in [9.17, 15) is 9.59 Å². The van der Waals surface area contributed by atoms with Gasteiger partial charge in [0.15, 0.2) is 6.10 Å². The molecule has 3 saturated carbocycles. The lowest BCUT2D eigenvalue weighted by Crippen LogP contribution is -2.62. The lowest BCUT2D eigenvalue weighted by molar-refractivity contribution is -0.161. The number of hydrogen-bond acceptors (Lipinski definition) is 3. The first-order valence-corrected chi connectivity index (χ1v) is 12.9. The van der Waals surface area contributed by atoms with Crippen LogP contribution in [0.3, 0.4) is 0 Å². The summed E-state index contributed by atoms with van der Waals surface area (Å²) in [6.07, 6.45) is 6.55. The van der Waals surface area contributed by atoms with Crippen molar-refractivity contribution in [2.75, 3.05) is 27.2 Å². The Morgan fingerprint density at radius 2 is 2.06 bits per heavy atom. The number of carbonyl (C=O) groups is 2. The Kier molecular flexibility index (Phi) is 6.74. The highest BCUT2D eigenvalue weighted by Crippen LogP contribution is 2.63. The average molecular weight is 459 g/mol. The van der Waals surface area contributed by atoms with E-state index in [2.05, 4.69) is 39.6 Å². The minimum atomic E-state index is -0.387. The van der Waals surface area contributed by atoms with Gasteiger partial charge in [-0.15, -0.1) is 5.54 Å². The highest BCUT2D eigenvalue weighted by atomic mass is 16.5. The van der Waals surface area contributed by atoms with Crippen LogP contribution in [0.2, 0.25) is 0 Å². The third kappa shape index (κ3) is 4.27. The van der Waals surface area contributed by atoms with E-state index in [4.69, 9.17) is 10.1 Å². The molecular weight excluding hydrogens is 414 g/mol. The summed E-state index contributed by atoms with van der Waals surface area (Å²) in [6, 6.07) is 0. The lowest BCUT2D eigenvalue weighted by atomic mass is 9.44. The van der Waals surface area contributed by atoms with Crippen LogP contribution in [-0.2, 0) is 14.3 Å². The van der Waals surface area contributed by atoms with Crippen LogP contribution in [0, 0.1) is 35.5 Å². The SMILES string of the molecule is C=C1CCC2([N-]C)C(C)CCC3C(C)CC(CC(C)(C)NC(=O)CN4CC(OC)C4=O)C1C32. The molecule has 4 rings (SSSR count). The molecule has 6 heteroatoms. The number of methoxy groups -OCH3 is 1. The fraction of sp³-hybridized carbons (Fsp3) is 0.852. The molecule has 4 fully saturated rings. The number of hydrogen-bond donors (Lipinski definition) is 1. The second kappa shape index (κ2) is 8.99. The topological polar surface area (TPSA) is 72.7 Å². The van der Waals surface area contributed by atoms with Crippen molar-refractivity contribution in [1.82, 2.24) is 10.2 Å². The standard InChI is InChI=1S/C27H44N3O3/c1-16-10-11-27(28-6)18(3)8-9-20-17(2)12-19(23(16)24(20)27)13-26(4,5)29-22(31)15-30-14-21(33-7)25(30)32/h17-21,23-24H,1,8-15H2,2-7H3,(H,29,31)/q-1. The Balaban J connectivity index is 1.47. The minimum absolute atomic E-state index is 0.0868. The zero-order chi connectivity index (χ0) is 24.1. The molecule has 2 amide bonds. The van der Waals surface area contributed by atoms with E-state index in [0.717, 1.165) is 25.2 Å². The fourth-order valence-corrected chi connectivity index (χ4v) is 8.17. The van der Waals surface area contributed by atoms with Crippen LogP contribution in [-0.4, -0.2) is 61.1 Å². The normalized spacial score (nSPS) is 40.8. The van der Waals surface area contributed by atoms with Gasteiger partial charge in [-0.05, 0) is 69.1 Å². The van der Waals surface area contributed by atoms with Crippen molar-refractivity contribution in [3.8, 4) is 0 Å². The predicted octanol–water partition coefficient (Wildman–Crippen LogP) is 4.16. The van der Waals surface area contributed by atoms with Gasteiger partial charge < -0.3 is 20.3 Å². The van der Waals surface area contributed by atoms with Gasteiger partial charge >= 0.3 is 0 Å². The van der Waals surface area contributed by atoms with Crippen molar-refractivity contribution in [1.29, 1.82) is 0 Å². The molecule has 6 nitrogen and oxygen atoms in total. The number of likely N-dealkylation sites (tertiary alicyclic amines) is 1. The average Bonchev–Trinajstić information content (AvgIpc) is 2.75. The maximum absolute atomic E-state index is 12.8. The maximum atomic E-state index is 12.8. The quantitative estimate of drug-likeness (QED) is 0.460. The molecule has 1 aliphatic heterocycles. The van der Waals surface area contributed by atoms with E-state index in [1.165, 1.54) is 31.9 Å². The van der Waals surface area contributed by atoms with Crippen LogP contribution >= 0.6 is 0 Å². The molecule has 3 aliphatic carbocycles. The molecule has 33 heavy (non-hydrogen) atoms. The summed E-state index contributed by atoms with van der Waals surface area (Å²) in [7, 11) is 3.58. The summed E-state index contributed by atoms with van der Waals surface area (Å²) in [6.45, 7) is 14.3. The first kappa shape index (κ1) is 24.7. The summed E-state index contributed by atoms with van der Waals surface area (Å²) in [5, 5.41) is 8.36. The molecule has 8 unspecified atom stereocenters. The number of allylic oxidation sites excluding steroid dienone is 1. The first-order chi connectivity index (χ1) is 15.5. The Bertz CT molecular complexity index is 795. The highest BCUT2D eigenvalue weighted by molar-refractivity contribution is 5.91. The van der Waals surface area contributed by atoms with E-state index in [1.807, 2.05) is 7.05 Å². The van der Waals surface area contributed by atoms with Gasteiger partial charge in [0.05, 0.1) is 13.1 Å². The van der Waals surface area contributed by atoms with Crippen molar-refractivity contribution < 1.29 is 14.3 Å². The number of ether oxygens (including phenoxy) is 1. The van der Waals surface area contributed by atoms with Crippen molar-refractivity contribution >= 4 is 11.8 Å². The van der Waals surface area contributed by atoms with Crippen LogP contribution in [0.25, 0.3) is 5.32 Å². The number of nitrogens with zero attached hydrogens (tertiary/aromatic N) is 2. The van der Waals surface area contributed by atoms with Gasteiger partial charge in [-0.3, -0.25) is 9.59 Å². The van der Waals surface area contributed by atoms with Gasteiger partial charge in [0.1, 0.15) is 0 Å². The molecule has 1 saturated heterocycles. The van der Waals surface area contributed by atoms with Crippen LogP contribution in [0.5, 0.6) is 0 Å². The molecule has 0 aromatic rings. The van der Waals surface area contributed by atoms with Crippen LogP contribution in [0.4, 0.5) is 0 Å². The predicted molar refractivity (Wildman–Crippen MR) is 131 cm³/mol. The van der Waals surface area contributed by atoms with E-state index >= 15 is 0 Å². The summed E-state index contributed by atoms with van der Waals surface area (Å²) in [5.41, 5.74) is 1.16. The summed E-state index contributed by atoms with van der Waals surface area (Å²) in [5.74, 6) is 3.42. The van der Waals surface area contributed by atoms with Crippen molar-refractivity contribution in [3.63, 3.8) is 0 Å². The van der Waals surface area contributed by atoms with Crippen molar-refractivity contribution in [3.05, 3.63) is 17.5 Å².